The van der Waals surface area contributed by atoms with Crippen LogP contribution in [0.2, 0.25) is 0 Å². The first-order chi connectivity index (χ1) is 4.54. The molecule has 0 aromatic carbocycles. The number of ether oxygens (including phenoxy) is 1. The van der Waals surface area contributed by atoms with Crippen LogP contribution in [0.15, 0.2) is 0 Å². The smallest absolute Gasteiger partial charge is 0.160 e. The second kappa shape index (κ2) is 1.56. The van der Waals surface area contributed by atoms with Crippen molar-refractivity contribution in [2.24, 2.45) is 5.41 Å². The van der Waals surface area contributed by atoms with Crippen molar-refractivity contribution in [1.82, 2.24) is 0 Å². The van der Waals surface area contributed by atoms with Gasteiger partial charge < -0.3 is 9.84 Å². The molecule has 2 rings (SSSR count). The first-order valence-electron chi connectivity index (χ1n) is 3.90. The Kier molecular flexibility index (Phi) is 1.03. The first-order valence-corrected chi connectivity index (χ1v) is 3.90. The van der Waals surface area contributed by atoms with Crippen LogP contribution in [0.5, 0.6) is 0 Å². The lowest BCUT2D eigenvalue weighted by molar-refractivity contribution is -0.184. The maximum atomic E-state index is 9.42. The molecule has 2 heteroatoms. The molecule has 2 bridgehead atoms. The molecule has 1 unspecified atom stereocenters. The number of aliphatic hydroxyl groups is 1. The largest absolute Gasteiger partial charge is 0.367 e. The van der Waals surface area contributed by atoms with Crippen molar-refractivity contribution in [2.75, 3.05) is 0 Å². The molecule has 0 aromatic rings. The molecule has 1 N–H and O–H groups in total. The number of rotatable bonds is 0. The molecule has 0 radical (unpaired) electrons. The monoisotopic (exact) mass is 142 g/mol. The standard InChI is InChI=1S/C8H14O2/c1-7-3-4-8(2,5-7)10-6(7)9/h6,9H,3-5H2,1-2H3/t6?,7-,8+/m1/s1. The maximum Gasteiger partial charge on any atom is 0.160 e. The second-order valence-electron chi connectivity index (χ2n) is 4.25. The minimum atomic E-state index is -0.508. The second-order valence-corrected chi connectivity index (χ2v) is 4.25. The van der Waals surface area contributed by atoms with Crippen molar-refractivity contribution >= 4 is 0 Å². The molecule has 0 amide bonds. The average Bonchev–Trinajstić information content (AvgIpc) is 2.17. The van der Waals surface area contributed by atoms with Crippen LogP contribution in [0.3, 0.4) is 0 Å². The highest BCUT2D eigenvalue weighted by atomic mass is 16.6. The summed E-state index contributed by atoms with van der Waals surface area (Å²) in [6.07, 6.45) is 2.75. The molecule has 1 saturated carbocycles. The van der Waals surface area contributed by atoms with E-state index in [0.29, 0.717) is 0 Å². The fourth-order valence-corrected chi connectivity index (χ4v) is 2.30. The normalized spacial score (nSPS) is 59.7. The predicted octanol–water partition coefficient (Wildman–Crippen LogP) is 1.28. The minimum absolute atomic E-state index is 0.00579. The van der Waals surface area contributed by atoms with E-state index in [9.17, 15) is 5.11 Å². The molecule has 3 atom stereocenters. The van der Waals surface area contributed by atoms with E-state index in [1.165, 1.54) is 0 Å². The summed E-state index contributed by atoms with van der Waals surface area (Å²) < 4.78 is 5.41. The molecule has 1 aliphatic heterocycles. The Bertz CT molecular complexity index is 169. The molecular weight excluding hydrogens is 128 g/mol. The lowest BCUT2D eigenvalue weighted by atomic mass is 9.89. The number of hydrogen-bond donors (Lipinski definition) is 1. The molecule has 1 aliphatic carbocycles. The van der Waals surface area contributed by atoms with E-state index in [1.54, 1.807) is 0 Å². The Morgan fingerprint density at radius 1 is 1.40 bits per heavy atom. The van der Waals surface area contributed by atoms with Gasteiger partial charge in [-0.05, 0) is 26.2 Å². The number of aliphatic hydroxyl groups excluding tert-OH is 1. The Hall–Kier alpha value is -0.0800. The molecule has 58 valence electrons. The van der Waals surface area contributed by atoms with Gasteiger partial charge in [-0.2, -0.15) is 0 Å². The van der Waals surface area contributed by atoms with Gasteiger partial charge in [0.1, 0.15) is 0 Å². The Labute approximate surface area is 61.2 Å². The third-order valence-corrected chi connectivity index (χ3v) is 3.00. The van der Waals surface area contributed by atoms with Gasteiger partial charge in [-0.25, -0.2) is 0 Å². The summed E-state index contributed by atoms with van der Waals surface area (Å²) in [5.74, 6) is 0. The summed E-state index contributed by atoms with van der Waals surface area (Å²) >= 11 is 0. The van der Waals surface area contributed by atoms with E-state index in [0.717, 1.165) is 19.3 Å². The van der Waals surface area contributed by atoms with Gasteiger partial charge in [-0.3, -0.25) is 0 Å². The van der Waals surface area contributed by atoms with E-state index in [1.807, 2.05) is 0 Å². The highest BCUT2D eigenvalue weighted by molar-refractivity contribution is 5.02. The van der Waals surface area contributed by atoms with E-state index < -0.39 is 6.29 Å². The van der Waals surface area contributed by atoms with Crippen molar-refractivity contribution < 1.29 is 9.84 Å². The molecule has 0 aromatic heterocycles. The first kappa shape index (κ1) is 6.62. The van der Waals surface area contributed by atoms with Gasteiger partial charge >= 0.3 is 0 Å². The molecule has 2 aliphatic rings. The SMILES string of the molecule is C[C@]12CC[C@](C)(C1)C(O)O2. The van der Waals surface area contributed by atoms with Crippen LogP contribution >= 0.6 is 0 Å². The van der Waals surface area contributed by atoms with Crippen LogP contribution in [-0.4, -0.2) is 17.0 Å². The summed E-state index contributed by atoms with van der Waals surface area (Å²) in [5.41, 5.74) is 0.0584. The average molecular weight is 142 g/mol. The topological polar surface area (TPSA) is 29.5 Å². The van der Waals surface area contributed by atoms with Crippen molar-refractivity contribution in [1.29, 1.82) is 0 Å². The summed E-state index contributed by atoms with van der Waals surface area (Å²) in [5, 5.41) is 9.42. The maximum absolute atomic E-state index is 9.42. The zero-order chi connectivity index (χ0) is 7.41. The van der Waals surface area contributed by atoms with Gasteiger partial charge in [-0.1, -0.05) is 6.92 Å². The molecule has 2 nitrogen and oxygen atoms in total. The van der Waals surface area contributed by atoms with Gasteiger partial charge in [0.2, 0.25) is 0 Å². The third kappa shape index (κ3) is 0.663. The lowest BCUT2D eigenvalue weighted by Gasteiger charge is -2.28. The van der Waals surface area contributed by atoms with E-state index >= 15 is 0 Å². The van der Waals surface area contributed by atoms with E-state index in [2.05, 4.69) is 13.8 Å². The number of hydrogen-bond acceptors (Lipinski definition) is 2. The summed E-state index contributed by atoms with van der Waals surface area (Å²) in [4.78, 5) is 0. The molecule has 10 heavy (non-hydrogen) atoms. The quantitative estimate of drug-likeness (QED) is 0.552. The van der Waals surface area contributed by atoms with Crippen LogP contribution in [-0.2, 0) is 4.74 Å². The summed E-state index contributed by atoms with van der Waals surface area (Å²) in [6.45, 7) is 4.20. The van der Waals surface area contributed by atoms with Crippen LogP contribution in [0.4, 0.5) is 0 Å². The van der Waals surface area contributed by atoms with Gasteiger partial charge in [0, 0.05) is 5.41 Å². The summed E-state index contributed by atoms with van der Waals surface area (Å²) in [7, 11) is 0. The summed E-state index contributed by atoms with van der Waals surface area (Å²) in [6, 6.07) is 0. The fourth-order valence-electron chi connectivity index (χ4n) is 2.30. The molecular formula is C8H14O2. The van der Waals surface area contributed by atoms with Crippen molar-refractivity contribution in [3.63, 3.8) is 0 Å². The Morgan fingerprint density at radius 2 is 2.10 bits per heavy atom. The molecule has 1 saturated heterocycles. The molecule has 1 heterocycles. The zero-order valence-electron chi connectivity index (χ0n) is 6.55. The lowest BCUT2D eigenvalue weighted by Crippen LogP contribution is -2.31. The van der Waals surface area contributed by atoms with Gasteiger partial charge in [0.25, 0.3) is 0 Å². The van der Waals surface area contributed by atoms with Crippen LogP contribution in [0.25, 0.3) is 0 Å². The minimum Gasteiger partial charge on any atom is -0.367 e. The van der Waals surface area contributed by atoms with Crippen molar-refractivity contribution in [3.8, 4) is 0 Å². The zero-order valence-corrected chi connectivity index (χ0v) is 6.55. The van der Waals surface area contributed by atoms with Gasteiger partial charge in [0.05, 0.1) is 5.60 Å². The number of fused-ring (bicyclic) bond motifs is 2. The van der Waals surface area contributed by atoms with Crippen LogP contribution < -0.4 is 0 Å². The van der Waals surface area contributed by atoms with Crippen LogP contribution in [0, 0.1) is 5.41 Å². The third-order valence-electron chi connectivity index (χ3n) is 3.00. The Balaban J connectivity index is 2.28. The molecule has 0 spiro atoms. The van der Waals surface area contributed by atoms with Crippen molar-refractivity contribution in [3.05, 3.63) is 0 Å². The van der Waals surface area contributed by atoms with Gasteiger partial charge in [-0.15, -0.1) is 0 Å². The van der Waals surface area contributed by atoms with E-state index in [4.69, 9.17) is 4.74 Å². The predicted molar refractivity (Wildman–Crippen MR) is 37.5 cm³/mol. The van der Waals surface area contributed by atoms with Crippen molar-refractivity contribution in [2.45, 2.75) is 45.0 Å². The van der Waals surface area contributed by atoms with Gasteiger partial charge in [0.15, 0.2) is 6.29 Å². The Morgan fingerprint density at radius 3 is 2.30 bits per heavy atom. The fraction of sp³-hybridized carbons (Fsp3) is 1.00. The van der Waals surface area contributed by atoms with Crippen LogP contribution in [0.1, 0.15) is 33.1 Å². The highest BCUT2D eigenvalue weighted by Crippen LogP contribution is 2.55. The highest BCUT2D eigenvalue weighted by Gasteiger charge is 2.56. The van der Waals surface area contributed by atoms with E-state index in [-0.39, 0.29) is 11.0 Å². The molecule has 2 fully saturated rings.